The molecule has 0 saturated carbocycles. The van der Waals surface area contributed by atoms with Gasteiger partial charge in [-0.05, 0) is 19.4 Å². The second-order valence-corrected chi connectivity index (χ2v) is 3.47. The number of hydroxylamine groups is 1. The minimum Gasteiger partial charge on any atom is -0.481 e. The first-order chi connectivity index (χ1) is 6.55. The SMILES string of the molecule is CCC1(C(C)C(=O)O)C=C(CN)ON1.Cl. The smallest absolute Gasteiger partial charge is 0.308 e. The van der Waals surface area contributed by atoms with Gasteiger partial charge in [-0.3, -0.25) is 4.79 Å². The molecule has 0 amide bonds. The van der Waals surface area contributed by atoms with Gasteiger partial charge in [0.15, 0.2) is 0 Å². The van der Waals surface area contributed by atoms with E-state index in [-0.39, 0.29) is 19.0 Å². The van der Waals surface area contributed by atoms with Crippen LogP contribution in [-0.4, -0.2) is 23.2 Å². The number of nitrogens with one attached hydrogen (secondary N) is 1. The van der Waals surface area contributed by atoms with Crippen molar-refractivity contribution in [2.24, 2.45) is 11.7 Å². The molecule has 0 bridgehead atoms. The largest absolute Gasteiger partial charge is 0.481 e. The number of halogens is 1. The Morgan fingerprint density at radius 3 is 2.73 bits per heavy atom. The molecule has 2 unspecified atom stereocenters. The summed E-state index contributed by atoms with van der Waals surface area (Å²) in [4.78, 5) is 16.0. The first-order valence-corrected chi connectivity index (χ1v) is 4.64. The van der Waals surface area contributed by atoms with Crippen molar-refractivity contribution in [3.63, 3.8) is 0 Å². The van der Waals surface area contributed by atoms with Gasteiger partial charge in [0.05, 0.1) is 18.0 Å². The van der Waals surface area contributed by atoms with E-state index in [0.29, 0.717) is 12.2 Å². The third-order valence-electron chi connectivity index (χ3n) is 2.72. The molecule has 1 rings (SSSR count). The standard InChI is InChI=1S/C9H16N2O3.ClH/c1-3-9(6(2)8(12)13)4-7(5-10)14-11-9;/h4,6,11H,3,5,10H2,1-2H3,(H,12,13);1H. The van der Waals surface area contributed by atoms with Crippen LogP contribution in [0, 0.1) is 5.92 Å². The molecule has 4 N–H and O–H groups in total. The Morgan fingerprint density at radius 1 is 1.80 bits per heavy atom. The first kappa shape index (κ1) is 14.2. The zero-order valence-corrected chi connectivity index (χ0v) is 9.63. The Labute approximate surface area is 95.0 Å². The van der Waals surface area contributed by atoms with E-state index < -0.39 is 17.4 Å². The maximum atomic E-state index is 10.9. The van der Waals surface area contributed by atoms with Crippen molar-refractivity contribution in [1.29, 1.82) is 0 Å². The fraction of sp³-hybridized carbons (Fsp3) is 0.667. The number of nitrogens with two attached hydrogens (primary N) is 1. The van der Waals surface area contributed by atoms with Crippen molar-refractivity contribution in [3.05, 3.63) is 11.8 Å². The second-order valence-electron chi connectivity index (χ2n) is 3.47. The molecule has 0 aromatic heterocycles. The van der Waals surface area contributed by atoms with E-state index in [1.807, 2.05) is 6.92 Å². The molecular weight excluding hydrogens is 220 g/mol. The topological polar surface area (TPSA) is 84.6 Å². The molecule has 88 valence electrons. The molecule has 0 saturated heterocycles. The Balaban J connectivity index is 0.00000196. The van der Waals surface area contributed by atoms with Gasteiger partial charge in [-0.15, -0.1) is 17.9 Å². The minimum absolute atomic E-state index is 0. The van der Waals surface area contributed by atoms with Crippen LogP contribution in [0.3, 0.4) is 0 Å². The summed E-state index contributed by atoms with van der Waals surface area (Å²) in [7, 11) is 0. The Morgan fingerprint density at radius 2 is 2.40 bits per heavy atom. The highest BCUT2D eigenvalue weighted by Gasteiger charge is 2.41. The van der Waals surface area contributed by atoms with Crippen LogP contribution in [0.5, 0.6) is 0 Å². The van der Waals surface area contributed by atoms with Crippen LogP contribution in [-0.2, 0) is 9.63 Å². The summed E-state index contributed by atoms with van der Waals surface area (Å²) in [5.41, 5.74) is 7.53. The lowest BCUT2D eigenvalue weighted by Crippen LogP contribution is -2.47. The number of carbonyl (C=O) groups is 1. The molecule has 0 spiro atoms. The molecule has 0 aromatic carbocycles. The van der Waals surface area contributed by atoms with E-state index in [0.717, 1.165) is 0 Å². The lowest BCUT2D eigenvalue weighted by Gasteiger charge is -2.28. The van der Waals surface area contributed by atoms with Crippen LogP contribution in [0.15, 0.2) is 11.8 Å². The number of carboxylic acid groups (broad SMARTS) is 1. The van der Waals surface area contributed by atoms with Crippen LogP contribution in [0.1, 0.15) is 20.3 Å². The van der Waals surface area contributed by atoms with Crippen molar-refractivity contribution in [2.75, 3.05) is 6.54 Å². The van der Waals surface area contributed by atoms with Gasteiger partial charge >= 0.3 is 5.97 Å². The quantitative estimate of drug-likeness (QED) is 0.668. The monoisotopic (exact) mass is 236 g/mol. The van der Waals surface area contributed by atoms with E-state index in [1.165, 1.54) is 0 Å². The average molecular weight is 237 g/mol. The van der Waals surface area contributed by atoms with Crippen LogP contribution < -0.4 is 11.2 Å². The van der Waals surface area contributed by atoms with Gasteiger partial charge in [-0.25, -0.2) is 0 Å². The third-order valence-corrected chi connectivity index (χ3v) is 2.72. The lowest BCUT2D eigenvalue weighted by molar-refractivity contribution is -0.144. The normalized spacial score (nSPS) is 26.2. The summed E-state index contributed by atoms with van der Waals surface area (Å²) in [5.74, 6) is -0.797. The third kappa shape index (κ3) is 2.62. The fourth-order valence-electron chi connectivity index (χ4n) is 1.52. The van der Waals surface area contributed by atoms with Crippen molar-refractivity contribution >= 4 is 18.4 Å². The highest BCUT2D eigenvalue weighted by Crippen LogP contribution is 2.29. The van der Waals surface area contributed by atoms with E-state index >= 15 is 0 Å². The first-order valence-electron chi connectivity index (χ1n) is 4.64. The lowest BCUT2D eigenvalue weighted by atomic mass is 9.83. The Bertz CT molecular complexity index is 270. The molecule has 0 radical (unpaired) electrons. The number of rotatable bonds is 4. The number of hydrogen-bond donors (Lipinski definition) is 3. The molecule has 1 aliphatic rings. The molecule has 0 aliphatic carbocycles. The van der Waals surface area contributed by atoms with Gasteiger partial charge in [-0.1, -0.05) is 6.92 Å². The summed E-state index contributed by atoms with van der Waals surface area (Å²) in [5, 5.41) is 8.94. The van der Waals surface area contributed by atoms with E-state index in [2.05, 4.69) is 5.48 Å². The number of hydrogen-bond acceptors (Lipinski definition) is 4. The second kappa shape index (κ2) is 5.34. The molecule has 2 atom stereocenters. The molecule has 0 aromatic rings. The summed E-state index contributed by atoms with van der Waals surface area (Å²) >= 11 is 0. The molecule has 15 heavy (non-hydrogen) atoms. The minimum atomic E-state index is -0.850. The summed E-state index contributed by atoms with van der Waals surface area (Å²) in [6, 6.07) is 0. The Kier molecular flexibility index (Phi) is 5.07. The van der Waals surface area contributed by atoms with Crippen molar-refractivity contribution in [1.82, 2.24) is 5.48 Å². The van der Waals surface area contributed by atoms with E-state index in [4.69, 9.17) is 15.7 Å². The number of aliphatic carboxylic acids is 1. The predicted octanol–water partition coefficient (Wildman–Crippen LogP) is 0.655. The van der Waals surface area contributed by atoms with Crippen molar-refractivity contribution in [3.8, 4) is 0 Å². The van der Waals surface area contributed by atoms with Gasteiger partial charge < -0.3 is 15.7 Å². The maximum Gasteiger partial charge on any atom is 0.308 e. The molecule has 1 aliphatic heterocycles. The van der Waals surface area contributed by atoms with Crippen LogP contribution in [0.25, 0.3) is 0 Å². The molecular formula is C9H17ClN2O3. The summed E-state index contributed by atoms with van der Waals surface area (Å²) in [6.07, 6.45) is 2.41. The fourth-order valence-corrected chi connectivity index (χ4v) is 1.52. The van der Waals surface area contributed by atoms with Gasteiger partial charge in [-0.2, -0.15) is 0 Å². The average Bonchev–Trinajstić information content (AvgIpc) is 2.61. The molecule has 5 nitrogen and oxygen atoms in total. The van der Waals surface area contributed by atoms with Gasteiger partial charge in [0.2, 0.25) is 0 Å². The van der Waals surface area contributed by atoms with Crippen molar-refractivity contribution < 1.29 is 14.7 Å². The highest BCUT2D eigenvalue weighted by molar-refractivity contribution is 5.85. The van der Waals surface area contributed by atoms with Gasteiger partial charge in [0.1, 0.15) is 5.76 Å². The summed E-state index contributed by atoms with van der Waals surface area (Å²) in [6.45, 7) is 3.84. The predicted molar refractivity (Wildman–Crippen MR) is 58.4 cm³/mol. The number of carboxylic acids is 1. The van der Waals surface area contributed by atoms with Crippen LogP contribution >= 0.6 is 12.4 Å². The van der Waals surface area contributed by atoms with Crippen LogP contribution in [0.2, 0.25) is 0 Å². The van der Waals surface area contributed by atoms with Crippen molar-refractivity contribution in [2.45, 2.75) is 25.8 Å². The summed E-state index contributed by atoms with van der Waals surface area (Å²) < 4.78 is 0. The van der Waals surface area contributed by atoms with E-state index in [1.54, 1.807) is 13.0 Å². The Hall–Kier alpha value is -0.780. The van der Waals surface area contributed by atoms with Gasteiger partial charge in [0.25, 0.3) is 0 Å². The van der Waals surface area contributed by atoms with E-state index in [9.17, 15) is 4.79 Å². The highest BCUT2D eigenvalue weighted by atomic mass is 35.5. The molecule has 1 heterocycles. The molecule has 6 heteroatoms. The zero-order chi connectivity index (χ0) is 10.8. The van der Waals surface area contributed by atoms with Gasteiger partial charge in [0, 0.05) is 0 Å². The zero-order valence-electron chi connectivity index (χ0n) is 8.82. The van der Waals surface area contributed by atoms with Crippen LogP contribution in [0.4, 0.5) is 0 Å². The maximum absolute atomic E-state index is 10.9. The molecule has 0 fully saturated rings.